The molecule has 1 aliphatic carbocycles. The van der Waals surface area contributed by atoms with Crippen LogP contribution < -0.4 is 5.69 Å². The highest BCUT2D eigenvalue weighted by atomic mass is 19.4. The molecule has 166 valence electrons. The molecule has 0 atom stereocenters. The predicted molar refractivity (Wildman–Crippen MR) is 110 cm³/mol. The third-order valence-corrected chi connectivity index (χ3v) is 6.13. The number of benzene rings is 2. The van der Waals surface area contributed by atoms with Gasteiger partial charge in [-0.2, -0.15) is 13.2 Å². The molecule has 2 heterocycles. The van der Waals surface area contributed by atoms with Crippen LogP contribution in [0.2, 0.25) is 0 Å². The first-order chi connectivity index (χ1) is 15.1. The average Bonchev–Trinajstić information content (AvgIpc) is 3.50. The van der Waals surface area contributed by atoms with Gasteiger partial charge >= 0.3 is 11.9 Å². The second-order valence-corrected chi connectivity index (χ2v) is 8.37. The fourth-order valence-electron chi connectivity index (χ4n) is 4.25. The summed E-state index contributed by atoms with van der Waals surface area (Å²) in [6.45, 7) is 0.318. The number of nitrogens with zero attached hydrogens (tertiary/aromatic N) is 3. The Kier molecular flexibility index (Phi) is 4.47. The summed E-state index contributed by atoms with van der Waals surface area (Å²) in [6, 6.07) is 9.02. The van der Waals surface area contributed by atoms with Crippen LogP contribution in [0.5, 0.6) is 5.88 Å². The average molecular weight is 443 g/mol. The summed E-state index contributed by atoms with van der Waals surface area (Å²) >= 11 is 0. The minimum Gasteiger partial charge on any atom is -0.493 e. The highest BCUT2D eigenvalue weighted by Crippen LogP contribution is 2.40. The van der Waals surface area contributed by atoms with E-state index in [0.29, 0.717) is 17.7 Å². The largest absolute Gasteiger partial charge is 0.493 e. The first-order valence-electron chi connectivity index (χ1n) is 10.2. The van der Waals surface area contributed by atoms with Crippen molar-refractivity contribution in [1.82, 2.24) is 14.0 Å². The Morgan fingerprint density at radius 1 is 1.06 bits per heavy atom. The number of alkyl halides is 3. The van der Waals surface area contributed by atoms with Crippen molar-refractivity contribution in [1.29, 1.82) is 0 Å². The molecule has 5 rings (SSSR count). The second-order valence-electron chi connectivity index (χ2n) is 8.37. The van der Waals surface area contributed by atoms with E-state index in [0.717, 1.165) is 33.6 Å². The number of hydrogen-bond acceptors (Lipinski definition) is 3. The van der Waals surface area contributed by atoms with E-state index < -0.39 is 17.4 Å². The molecule has 32 heavy (non-hydrogen) atoms. The SMILES string of the molecule is Cn1c(O)cn(Cc2ccc(-c3ccc4c(c3)CN(C3CC3)C4=O)c(C(F)(F)F)c2)c1=O. The number of rotatable bonds is 4. The number of hydrogen-bond donors (Lipinski definition) is 1. The molecule has 0 unspecified atom stereocenters. The Bertz CT molecular complexity index is 1300. The van der Waals surface area contributed by atoms with Gasteiger partial charge in [0.15, 0.2) is 0 Å². The maximum absolute atomic E-state index is 13.9. The summed E-state index contributed by atoms with van der Waals surface area (Å²) in [4.78, 5) is 26.4. The molecule has 0 radical (unpaired) electrons. The van der Waals surface area contributed by atoms with Gasteiger partial charge in [0.2, 0.25) is 5.88 Å². The zero-order valence-electron chi connectivity index (χ0n) is 17.2. The Balaban J connectivity index is 1.52. The van der Waals surface area contributed by atoms with Gasteiger partial charge in [-0.25, -0.2) is 4.79 Å². The number of imidazole rings is 1. The van der Waals surface area contributed by atoms with Gasteiger partial charge in [0.25, 0.3) is 5.91 Å². The lowest BCUT2D eigenvalue weighted by Crippen LogP contribution is -2.25. The van der Waals surface area contributed by atoms with Crippen LogP contribution >= 0.6 is 0 Å². The van der Waals surface area contributed by atoms with E-state index in [1.165, 1.54) is 25.4 Å². The summed E-state index contributed by atoms with van der Waals surface area (Å²) in [5.41, 5.74) is 0.643. The van der Waals surface area contributed by atoms with Gasteiger partial charge in [0, 0.05) is 25.2 Å². The lowest BCUT2D eigenvalue weighted by atomic mass is 9.94. The lowest BCUT2D eigenvalue weighted by Gasteiger charge is -2.16. The molecule has 1 N–H and O–H groups in total. The molecule has 0 spiro atoms. The molecule has 0 saturated heterocycles. The molecule has 6 nitrogen and oxygen atoms in total. The number of amides is 1. The van der Waals surface area contributed by atoms with E-state index >= 15 is 0 Å². The summed E-state index contributed by atoms with van der Waals surface area (Å²) in [5.74, 6) is -0.326. The first kappa shape index (κ1) is 20.4. The van der Waals surface area contributed by atoms with Crippen LogP contribution in [0.1, 0.15) is 39.9 Å². The summed E-state index contributed by atoms with van der Waals surface area (Å²) < 4.78 is 44.0. The van der Waals surface area contributed by atoms with Crippen molar-refractivity contribution in [3.63, 3.8) is 0 Å². The molecular weight excluding hydrogens is 423 g/mol. The summed E-state index contributed by atoms with van der Waals surface area (Å²) in [6.07, 6.45) is -1.49. The standard InChI is InChI=1S/C23H20F3N3O3/c1-27-20(30)12-28(22(27)32)10-13-2-6-17(19(8-13)23(24,25)26)14-3-7-18-15(9-14)11-29(21(18)31)16-4-5-16/h2-3,6-9,12,16,30H,4-5,10-11H2,1H3. The third-order valence-electron chi connectivity index (χ3n) is 6.13. The zero-order chi connectivity index (χ0) is 22.8. The van der Waals surface area contributed by atoms with Gasteiger partial charge in [-0.05, 0) is 53.3 Å². The molecule has 1 aliphatic heterocycles. The van der Waals surface area contributed by atoms with Gasteiger partial charge in [0.1, 0.15) is 0 Å². The Labute approximate surface area is 181 Å². The van der Waals surface area contributed by atoms with Crippen LogP contribution in [-0.4, -0.2) is 31.1 Å². The van der Waals surface area contributed by atoms with Crippen LogP contribution in [0.4, 0.5) is 13.2 Å². The van der Waals surface area contributed by atoms with E-state index in [-0.39, 0.29) is 35.5 Å². The maximum Gasteiger partial charge on any atom is 0.417 e. The van der Waals surface area contributed by atoms with Gasteiger partial charge in [-0.1, -0.05) is 18.2 Å². The topological polar surface area (TPSA) is 67.5 Å². The van der Waals surface area contributed by atoms with Crippen molar-refractivity contribution in [3.8, 4) is 17.0 Å². The predicted octanol–water partition coefficient (Wildman–Crippen LogP) is 3.74. The molecule has 1 aromatic heterocycles. The minimum absolute atomic E-state index is 0.0182. The van der Waals surface area contributed by atoms with Gasteiger partial charge in [0.05, 0.1) is 18.3 Å². The van der Waals surface area contributed by atoms with E-state index in [2.05, 4.69) is 0 Å². The van der Waals surface area contributed by atoms with Gasteiger partial charge in [-0.3, -0.25) is 13.9 Å². The number of carbonyl (C=O) groups excluding carboxylic acids is 1. The number of carbonyl (C=O) groups is 1. The lowest BCUT2D eigenvalue weighted by molar-refractivity contribution is -0.137. The van der Waals surface area contributed by atoms with E-state index in [9.17, 15) is 27.9 Å². The quantitative estimate of drug-likeness (QED) is 0.668. The van der Waals surface area contributed by atoms with Crippen molar-refractivity contribution >= 4 is 5.91 Å². The van der Waals surface area contributed by atoms with Gasteiger partial charge < -0.3 is 10.0 Å². The molecule has 1 saturated carbocycles. The van der Waals surface area contributed by atoms with Crippen molar-refractivity contribution < 1.29 is 23.1 Å². The second kappa shape index (κ2) is 7.01. The van der Waals surface area contributed by atoms with Crippen molar-refractivity contribution in [2.45, 2.75) is 38.1 Å². The van der Waals surface area contributed by atoms with Crippen LogP contribution in [0, 0.1) is 0 Å². The van der Waals surface area contributed by atoms with Crippen LogP contribution in [0.3, 0.4) is 0 Å². The van der Waals surface area contributed by atoms with Crippen LogP contribution in [-0.2, 0) is 26.3 Å². The number of fused-ring (bicyclic) bond motifs is 1. The van der Waals surface area contributed by atoms with Crippen LogP contribution in [0.15, 0.2) is 47.4 Å². The number of halogens is 3. The molecule has 9 heteroatoms. The first-order valence-corrected chi connectivity index (χ1v) is 10.2. The van der Waals surface area contributed by atoms with E-state index in [4.69, 9.17) is 0 Å². The third kappa shape index (κ3) is 3.37. The highest BCUT2D eigenvalue weighted by molar-refractivity contribution is 5.99. The van der Waals surface area contributed by atoms with Crippen LogP contribution in [0.25, 0.3) is 11.1 Å². The van der Waals surface area contributed by atoms with Crippen molar-refractivity contribution in [3.05, 3.63) is 75.3 Å². The molecule has 3 aromatic rings. The normalized spacial score (nSPS) is 16.0. The van der Waals surface area contributed by atoms with E-state index in [1.54, 1.807) is 23.1 Å². The molecule has 1 amide bonds. The molecule has 1 fully saturated rings. The Hall–Kier alpha value is -3.49. The Morgan fingerprint density at radius 2 is 1.78 bits per heavy atom. The number of aromatic hydroxyl groups is 1. The Morgan fingerprint density at radius 3 is 2.41 bits per heavy atom. The van der Waals surface area contributed by atoms with E-state index in [1.807, 2.05) is 0 Å². The fourth-order valence-corrected chi connectivity index (χ4v) is 4.25. The minimum atomic E-state index is -4.61. The van der Waals surface area contributed by atoms with Crippen molar-refractivity contribution in [2.24, 2.45) is 7.05 Å². The number of aromatic nitrogens is 2. The molecule has 2 aromatic carbocycles. The summed E-state index contributed by atoms with van der Waals surface area (Å²) in [7, 11) is 1.38. The molecular formula is C23H20F3N3O3. The highest BCUT2D eigenvalue weighted by Gasteiger charge is 2.39. The molecule has 2 aliphatic rings. The zero-order valence-corrected chi connectivity index (χ0v) is 17.2. The maximum atomic E-state index is 13.9. The monoisotopic (exact) mass is 443 g/mol. The molecule has 0 bridgehead atoms. The smallest absolute Gasteiger partial charge is 0.417 e. The van der Waals surface area contributed by atoms with Crippen molar-refractivity contribution in [2.75, 3.05) is 0 Å². The fraction of sp³-hybridized carbons (Fsp3) is 0.304. The summed E-state index contributed by atoms with van der Waals surface area (Å²) in [5, 5.41) is 9.66. The van der Waals surface area contributed by atoms with Gasteiger partial charge in [-0.15, -0.1) is 0 Å².